The maximum atomic E-state index is 13.1. The molecule has 6 rings (SSSR count). The van der Waals surface area contributed by atoms with Crippen LogP contribution in [-0.4, -0.2) is 46.8 Å². The van der Waals surface area contributed by atoms with Crippen LogP contribution in [0, 0.1) is 0 Å². The Kier molecular flexibility index (Phi) is 6.22. The number of halogens is 3. The van der Waals surface area contributed by atoms with Gasteiger partial charge in [-0.15, -0.1) is 0 Å². The predicted octanol–water partition coefficient (Wildman–Crippen LogP) is 3.93. The molecule has 2 aliphatic carbocycles. The number of aryl methyl sites for hydroxylation is 1. The molecule has 0 radical (unpaired) electrons. The molecule has 3 aromatic heterocycles. The van der Waals surface area contributed by atoms with E-state index >= 15 is 0 Å². The Labute approximate surface area is 227 Å². The first-order valence-corrected chi connectivity index (χ1v) is 12.7. The van der Waals surface area contributed by atoms with Crippen LogP contribution in [0.25, 0.3) is 22.8 Å². The number of benzene rings is 1. The zero-order valence-corrected chi connectivity index (χ0v) is 21.7. The van der Waals surface area contributed by atoms with Gasteiger partial charge in [0.1, 0.15) is 29.2 Å². The third-order valence-corrected chi connectivity index (χ3v) is 7.17. The summed E-state index contributed by atoms with van der Waals surface area (Å²) in [5, 5.41) is 24.6. The number of imidazole rings is 1. The third-order valence-electron chi connectivity index (χ3n) is 7.17. The summed E-state index contributed by atoms with van der Waals surface area (Å²) in [6.07, 6.45) is 0.254. The molecule has 0 aliphatic heterocycles. The molecule has 40 heavy (non-hydrogen) atoms. The number of ether oxygens (including phenoxy) is 1. The minimum atomic E-state index is -4.52. The fourth-order valence-electron chi connectivity index (χ4n) is 4.97. The van der Waals surface area contributed by atoms with Crippen molar-refractivity contribution in [3.8, 4) is 28.7 Å². The second kappa shape index (κ2) is 9.52. The van der Waals surface area contributed by atoms with E-state index in [1.54, 1.807) is 24.3 Å². The van der Waals surface area contributed by atoms with Crippen molar-refractivity contribution in [2.75, 3.05) is 12.4 Å². The number of aromatic nitrogens is 6. The van der Waals surface area contributed by atoms with E-state index in [-0.39, 0.29) is 29.7 Å². The van der Waals surface area contributed by atoms with Crippen molar-refractivity contribution in [3.63, 3.8) is 0 Å². The average Bonchev–Trinajstić information content (AvgIpc) is 3.63. The van der Waals surface area contributed by atoms with Crippen molar-refractivity contribution in [1.29, 1.82) is 0 Å². The zero-order valence-electron chi connectivity index (χ0n) is 21.7. The Morgan fingerprint density at radius 1 is 1.10 bits per heavy atom. The Balaban J connectivity index is 1.31. The molecule has 0 amide bonds. The van der Waals surface area contributed by atoms with Gasteiger partial charge in [0, 0.05) is 43.3 Å². The van der Waals surface area contributed by atoms with E-state index < -0.39 is 17.7 Å². The Morgan fingerprint density at radius 2 is 1.85 bits per heavy atom. The summed E-state index contributed by atoms with van der Waals surface area (Å²) in [6, 6.07) is 6.98. The molecule has 0 unspecified atom stereocenters. The highest BCUT2D eigenvalue weighted by Gasteiger charge is 2.40. The molecule has 10 nitrogen and oxygen atoms in total. The number of alkyl halides is 3. The van der Waals surface area contributed by atoms with Crippen LogP contribution in [-0.2, 0) is 32.0 Å². The second-order valence-corrected chi connectivity index (χ2v) is 10.1. The van der Waals surface area contributed by atoms with Gasteiger partial charge >= 0.3 is 6.18 Å². The number of methoxy groups -OCH3 is 1. The highest BCUT2D eigenvalue weighted by molar-refractivity contribution is 5.69. The van der Waals surface area contributed by atoms with Crippen molar-refractivity contribution in [1.82, 2.24) is 29.5 Å². The van der Waals surface area contributed by atoms with Crippen LogP contribution in [0.1, 0.15) is 53.4 Å². The quantitative estimate of drug-likeness (QED) is 0.291. The average molecular weight is 554 g/mol. The molecule has 1 fully saturated rings. The summed E-state index contributed by atoms with van der Waals surface area (Å²) in [5.74, 6) is -0.678. The highest BCUT2D eigenvalue weighted by atomic mass is 19.4. The van der Waals surface area contributed by atoms with Crippen LogP contribution in [0.2, 0.25) is 0 Å². The van der Waals surface area contributed by atoms with E-state index in [1.807, 2.05) is 0 Å². The van der Waals surface area contributed by atoms with E-state index in [0.717, 1.165) is 30.3 Å². The van der Waals surface area contributed by atoms with Crippen LogP contribution in [0.3, 0.4) is 0 Å². The number of hydrogen-bond donors (Lipinski definition) is 3. The molecular formula is C27H26F3N7O3. The molecule has 1 saturated carbocycles. The maximum Gasteiger partial charge on any atom is 0.434 e. The summed E-state index contributed by atoms with van der Waals surface area (Å²) in [5.41, 5.74) is 2.44. The van der Waals surface area contributed by atoms with E-state index in [1.165, 1.54) is 25.1 Å². The number of nitrogens with one attached hydrogen (secondary N) is 1. The smallest absolute Gasteiger partial charge is 0.434 e. The number of fused-ring (bicyclic) bond motifs is 1. The highest BCUT2D eigenvalue weighted by Crippen LogP contribution is 2.46. The molecular weight excluding hydrogens is 527 g/mol. The van der Waals surface area contributed by atoms with E-state index in [0.29, 0.717) is 41.4 Å². The van der Waals surface area contributed by atoms with Gasteiger partial charge in [0.2, 0.25) is 11.7 Å². The Morgan fingerprint density at radius 3 is 2.50 bits per heavy atom. The lowest BCUT2D eigenvalue weighted by molar-refractivity contribution is -0.169. The zero-order chi connectivity index (χ0) is 28.2. The SMILES string of the molecule is COc1ncnc(C2CC2)c1-c1nc(NCc2ccc(-c3nc(C(F)(F)F)cn3C)cc2)c2c(n1)C(O)(O)CC2. The minimum absolute atomic E-state index is 0.0747. The molecule has 1 aromatic carbocycles. The van der Waals surface area contributed by atoms with Gasteiger partial charge in [-0.3, -0.25) is 0 Å². The van der Waals surface area contributed by atoms with Gasteiger partial charge in [-0.25, -0.2) is 24.9 Å². The fraction of sp³-hybridized carbons (Fsp3) is 0.370. The molecule has 2 aliphatic rings. The summed E-state index contributed by atoms with van der Waals surface area (Å²) < 4.78 is 46.0. The molecule has 13 heteroatoms. The first-order valence-electron chi connectivity index (χ1n) is 12.7. The van der Waals surface area contributed by atoms with E-state index in [4.69, 9.17) is 9.72 Å². The number of aliphatic hydroxyl groups is 2. The van der Waals surface area contributed by atoms with Crippen LogP contribution in [0.4, 0.5) is 19.0 Å². The fourth-order valence-corrected chi connectivity index (χ4v) is 4.97. The van der Waals surface area contributed by atoms with Gasteiger partial charge in [0.25, 0.3) is 0 Å². The lowest BCUT2D eigenvalue weighted by atomic mass is 10.1. The first-order chi connectivity index (χ1) is 19.0. The third kappa shape index (κ3) is 4.75. The molecule has 0 atom stereocenters. The van der Waals surface area contributed by atoms with Crippen LogP contribution in [0.5, 0.6) is 5.88 Å². The van der Waals surface area contributed by atoms with Gasteiger partial charge in [0.15, 0.2) is 11.5 Å². The van der Waals surface area contributed by atoms with Gasteiger partial charge in [-0.2, -0.15) is 13.2 Å². The summed E-state index contributed by atoms with van der Waals surface area (Å²) >= 11 is 0. The van der Waals surface area contributed by atoms with Gasteiger partial charge in [-0.05, 0) is 24.8 Å². The van der Waals surface area contributed by atoms with Crippen LogP contribution >= 0.6 is 0 Å². The molecule has 3 heterocycles. The standard InChI is InChI=1S/C27H26F3N7O3/c1-37-12-18(27(28,29)30)34-24(37)16-5-3-14(4-6-16)11-31-22-17-9-10-26(38,39)21(17)35-23(36-22)19-20(15-7-8-15)32-13-33-25(19)40-2/h3-6,12-13,15,38-39H,7-11H2,1-2H3,(H,31,35,36). The maximum absolute atomic E-state index is 13.1. The summed E-state index contributed by atoms with van der Waals surface area (Å²) in [7, 11) is 3.01. The van der Waals surface area contributed by atoms with E-state index in [2.05, 4.69) is 25.3 Å². The van der Waals surface area contributed by atoms with Gasteiger partial charge in [-0.1, -0.05) is 24.3 Å². The topological polar surface area (TPSA) is 131 Å². The second-order valence-electron chi connectivity index (χ2n) is 10.1. The van der Waals surface area contributed by atoms with Crippen LogP contribution < -0.4 is 10.1 Å². The van der Waals surface area contributed by atoms with Crippen molar-refractivity contribution in [2.24, 2.45) is 7.05 Å². The van der Waals surface area contributed by atoms with E-state index in [9.17, 15) is 23.4 Å². The predicted molar refractivity (Wildman–Crippen MR) is 137 cm³/mol. The Bertz CT molecular complexity index is 1580. The summed E-state index contributed by atoms with van der Waals surface area (Å²) in [4.78, 5) is 21.7. The molecule has 0 saturated heterocycles. The monoisotopic (exact) mass is 553 g/mol. The van der Waals surface area contributed by atoms with Gasteiger partial charge < -0.3 is 24.8 Å². The molecule has 208 valence electrons. The number of nitrogens with zero attached hydrogens (tertiary/aromatic N) is 6. The molecule has 3 N–H and O–H groups in total. The molecule has 0 spiro atoms. The molecule has 0 bridgehead atoms. The largest absolute Gasteiger partial charge is 0.480 e. The van der Waals surface area contributed by atoms with Gasteiger partial charge in [0.05, 0.1) is 12.8 Å². The van der Waals surface area contributed by atoms with Crippen molar-refractivity contribution in [3.05, 3.63) is 65.0 Å². The van der Waals surface area contributed by atoms with Crippen LogP contribution in [0.15, 0.2) is 36.8 Å². The van der Waals surface area contributed by atoms with Crippen molar-refractivity contribution in [2.45, 2.75) is 50.1 Å². The first kappa shape index (κ1) is 26.1. The van der Waals surface area contributed by atoms with Crippen molar-refractivity contribution >= 4 is 5.82 Å². The summed E-state index contributed by atoms with van der Waals surface area (Å²) in [6.45, 7) is 0.319. The number of anilines is 1. The van der Waals surface area contributed by atoms with Crippen molar-refractivity contribution < 1.29 is 28.1 Å². The lowest BCUT2D eigenvalue weighted by Crippen LogP contribution is -2.23. The lowest BCUT2D eigenvalue weighted by Gasteiger charge is -2.18. The minimum Gasteiger partial charge on any atom is -0.480 e. The Hall–Kier alpha value is -4.10. The molecule has 4 aromatic rings. The number of rotatable bonds is 7. The number of hydrogen-bond acceptors (Lipinski definition) is 9. The normalized spacial score (nSPS) is 16.2.